The maximum absolute atomic E-state index is 11.8. The van der Waals surface area contributed by atoms with E-state index >= 15 is 0 Å². The average molecular weight is 295 g/mol. The maximum atomic E-state index is 11.8. The molecule has 3 N–H and O–H groups in total. The predicted octanol–water partition coefficient (Wildman–Crippen LogP) is 1.25. The van der Waals surface area contributed by atoms with Crippen LogP contribution in [0.4, 0.5) is 4.79 Å². The minimum Gasteiger partial charge on any atom is -0.478 e. The number of rotatable bonds is 7. The van der Waals surface area contributed by atoms with Gasteiger partial charge >= 0.3 is 12.0 Å². The van der Waals surface area contributed by atoms with Crippen molar-refractivity contribution in [2.45, 2.75) is 26.4 Å². The van der Waals surface area contributed by atoms with Gasteiger partial charge in [-0.2, -0.15) is 0 Å². The number of aromatic nitrogens is 1. The number of carbonyl (C=O) groups excluding carboxylic acids is 1. The molecule has 0 radical (unpaired) electrons. The molecular formula is C14H21N3O4. The molecule has 7 nitrogen and oxygen atoms in total. The monoisotopic (exact) mass is 295 g/mol. The first-order chi connectivity index (χ1) is 9.93. The van der Waals surface area contributed by atoms with E-state index in [1.54, 1.807) is 7.11 Å². The molecule has 0 aliphatic carbocycles. The normalized spacial score (nSPS) is 12.0. The highest BCUT2D eigenvalue weighted by Crippen LogP contribution is 2.03. The molecule has 2 amide bonds. The highest BCUT2D eigenvalue weighted by molar-refractivity contribution is 5.87. The lowest BCUT2D eigenvalue weighted by Crippen LogP contribution is -2.46. The van der Waals surface area contributed by atoms with E-state index in [0.29, 0.717) is 12.3 Å². The molecule has 1 atom stereocenters. The lowest BCUT2D eigenvalue weighted by atomic mass is 10.1. The van der Waals surface area contributed by atoms with Crippen LogP contribution in [0.3, 0.4) is 0 Å². The van der Waals surface area contributed by atoms with Crippen LogP contribution in [-0.2, 0) is 11.3 Å². The fourth-order valence-electron chi connectivity index (χ4n) is 1.68. The molecule has 1 aromatic rings. The van der Waals surface area contributed by atoms with Gasteiger partial charge in [-0.3, -0.25) is 4.98 Å². The molecule has 0 aliphatic heterocycles. The van der Waals surface area contributed by atoms with Gasteiger partial charge in [0.25, 0.3) is 0 Å². The van der Waals surface area contributed by atoms with Crippen molar-refractivity contribution in [1.82, 2.24) is 15.6 Å². The summed E-state index contributed by atoms with van der Waals surface area (Å²) < 4.78 is 5.05. The minimum absolute atomic E-state index is 0.0895. The van der Waals surface area contributed by atoms with Crippen LogP contribution in [0.15, 0.2) is 18.3 Å². The van der Waals surface area contributed by atoms with Gasteiger partial charge < -0.3 is 20.5 Å². The summed E-state index contributed by atoms with van der Waals surface area (Å²) in [6.45, 7) is 4.56. The topological polar surface area (TPSA) is 101 Å². The van der Waals surface area contributed by atoms with Crippen LogP contribution in [0.25, 0.3) is 0 Å². The van der Waals surface area contributed by atoms with Crippen molar-refractivity contribution in [3.8, 4) is 0 Å². The third-order valence-electron chi connectivity index (χ3n) is 2.96. The van der Waals surface area contributed by atoms with Gasteiger partial charge in [-0.15, -0.1) is 0 Å². The molecule has 1 heterocycles. The number of pyridine rings is 1. The number of methoxy groups -OCH3 is 1. The van der Waals surface area contributed by atoms with E-state index in [2.05, 4.69) is 15.6 Å². The van der Waals surface area contributed by atoms with Crippen molar-refractivity contribution in [2.75, 3.05) is 13.7 Å². The smallest absolute Gasteiger partial charge is 0.335 e. The molecule has 0 saturated carbocycles. The number of carboxylic acids is 1. The van der Waals surface area contributed by atoms with Crippen LogP contribution in [0.2, 0.25) is 0 Å². The first-order valence-electron chi connectivity index (χ1n) is 6.65. The van der Waals surface area contributed by atoms with E-state index in [0.717, 1.165) is 0 Å². The number of carboxylic acid groups (broad SMARTS) is 1. The molecule has 116 valence electrons. The highest BCUT2D eigenvalue weighted by atomic mass is 16.5. The average Bonchev–Trinajstić information content (AvgIpc) is 2.45. The number of hydrogen-bond donors (Lipinski definition) is 3. The SMILES string of the molecule is COCC(NC(=O)NCc1cc(C(=O)O)ccn1)C(C)C. The zero-order valence-corrected chi connectivity index (χ0v) is 12.4. The van der Waals surface area contributed by atoms with E-state index < -0.39 is 5.97 Å². The second-order valence-corrected chi connectivity index (χ2v) is 4.97. The highest BCUT2D eigenvalue weighted by Gasteiger charge is 2.15. The molecule has 0 fully saturated rings. The molecule has 0 saturated heterocycles. The van der Waals surface area contributed by atoms with Gasteiger partial charge in [0.05, 0.1) is 30.5 Å². The molecule has 1 aromatic heterocycles. The Morgan fingerprint density at radius 3 is 2.71 bits per heavy atom. The first-order valence-corrected chi connectivity index (χ1v) is 6.65. The molecular weight excluding hydrogens is 274 g/mol. The van der Waals surface area contributed by atoms with E-state index in [4.69, 9.17) is 9.84 Å². The number of amides is 2. The number of hydrogen-bond acceptors (Lipinski definition) is 4. The van der Waals surface area contributed by atoms with Gasteiger partial charge in [0, 0.05) is 13.3 Å². The van der Waals surface area contributed by atoms with Crippen molar-refractivity contribution in [3.05, 3.63) is 29.6 Å². The zero-order valence-electron chi connectivity index (χ0n) is 12.4. The Morgan fingerprint density at radius 1 is 1.43 bits per heavy atom. The van der Waals surface area contributed by atoms with Crippen molar-refractivity contribution in [3.63, 3.8) is 0 Å². The van der Waals surface area contributed by atoms with Crippen LogP contribution in [0.5, 0.6) is 0 Å². The molecule has 21 heavy (non-hydrogen) atoms. The van der Waals surface area contributed by atoms with Gasteiger partial charge in [0.15, 0.2) is 0 Å². The fraction of sp³-hybridized carbons (Fsp3) is 0.500. The Labute approximate surface area is 123 Å². The Hall–Kier alpha value is -2.15. The van der Waals surface area contributed by atoms with Crippen LogP contribution in [0, 0.1) is 5.92 Å². The Morgan fingerprint density at radius 2 is 2.14 bits per heavy atom. The Kier molecular flexibility index (Phi) is 6.61. The molecule has 0 spiro atoms. The largest absolute Gasteiger partial charge is 0.478 e. The second-order valence-electron chi connectivity index (χ2n) is 4.97. The summed E-state index contributed by atoms with van der Waals surface area (Å²) in [5.41, 5.74) is 0.625. The molecule has 1 rings (SSSR count). The van der Waals surface area contributed by atoms with Crippen LogP contribution < -0.4 is 10.6 Å². The number of ether oxygens (including phenoxy) is 1. The number of aromatic carboxylic acids is 1. The Balaban J connectivity index is 2.52. The maximum Gasteiger partial charge on any atom is 0.335 e. The van der Waals surface area contributed by atoms with E-state index in [9.17, 15) is 9.59 Å². The summed E-state index contributed by atoms with van der Waals surface area (Å²) in [6.07, 6.45) is 1.40. The number of nitrogens with one attached hydrogen (secondary N) is 2. The number of urea groups is 1. The fourth-order valence-corrected chi connectivity index (χ4v) is 1.68. The predicted molar refractivity (Wildman–Crippen MR) is 77.1 cm³/mol. The standard InChI is InChI=1S/C14H21N3O4/c1-9(2)12(8-21-3)17-14(20)16-7-11-6-10(13(18)19)4-5-15-11/h4-6,9,12H,7-8H2,1-3H3,(H,18,19)(H2,16,17,20). The van der Waals surface area contributed by atoms with Crippen molar-refractivity contribution in [1.29, 1.82) is 0 Å². The van der Waals surface area contributed by atoms with Crippen molar-refractivity contribution in [2.24, 2.45) is 5.92 Å². The van der Waals surface area contributed by atoms with Gasteiger partial charge in [0.1, 0.15) is 0 Å². The molecule has 1 unspecified atom stereocenters. The van der Waals surface area contributed by atoms with Crippen LogP contribution in [0.1, 0.15) is 29.9 Å². The molecule has 0 aliphatic rings. The lowest BCUT2D eigenvalue weighted by Gasteiger charge is -2.21. The van der Waals surface area contributed by atoms with Gasteiger partial charge in [-0.1, -0.05) is 13.8 Å². The number of nitrogens with zero attached hydrogens (tertiary/aromatic N) is 1. The molecule has 0 aromatic carbocycles. The van der Waals surface area contributed by atoms with E-state index in [-0.39, 0.29) is 30.1 Å². The lowest BCUT2D eigenvalue weighted by molar-refractivity contribution is 0.0696. The summed E-state index contributed by atoms with van der Waals surface area (Å²) in [6, 6.07) is 2.40. The second kappa shape index (κ2) is 8.21. The summed E-state index contributed by atoms with van der Waals surface area (Å²) in [4.78, 5) is 26.7. The summed E-state index contributed by atoms with van der Waals surface area (Å²) in [5, 5.41) is 14.3. The van der Waals surface area contributed by atoms with Crippen molar-refractivity contribution >= 4 is 12.0 Å². The van der Waals surface area contributed by atoms with Crippen LogP contribution in [-0.4, -0.2) is 41.8 Å². The molecule has 0 bridgehead atoms. The summed E-state index contributed by atoms with van der Waals surface area (Å²) >= 11 is 0. The van der Waals surface area contributed by atoms with Gasteiger partial charge in [0.2, 0.25) is 0 Å². The van der Waals surface area contributed by atoms with Crippen molar-refractivity contribution < 1.29 is 19.4 Å². The van der Waals surface area contributed by atoms with E-state index in [1.807, 2.05) is 13.8 Å². The van der Waals surface area contributed by atoms with Gasteiger partial charge in [-0.05, 0) is 18.1 Å². The van der Waals surface area contributed by atoms with E-state index in [1.165, 1.54) is 18.3 Å². The third-order valence-corrected chi connectivity index (χ3v) is 2.96. The first kappa shape index (κ1) is 16.9. The van der Waals surface area contributed by atoms with Gasteiger partial charge in [-0.25, -0.2) is 9.59 Å². The third kappa shape index (κ3) is 5.78. The number of carbonyl (C=O) groups is 2. The summed E-state index contributed by atoms with van der Waals surface area (Å²) in [7, 11) is 1.58. The zero-order chi connectivity index (χ0) is 15.8. The van der Waals surface area contributed by atoms with Crippen LogP contribution >= 0.6 is 0 Å². The minimum atomic E-state index is -1.02. The quantitative estimate of drug-likeness (QED) is 0.703. The Bertz CT molecular complexity index is 491. The summed E-state index contributed by atoms with van der Waals surface area (Å²) in [5.74, 6) is -0.785. The molecule has 7 heteroatoms.